The van der Waals surface area contributed by atoms with Crippen LogP contribution in [0.1, 0.15) is 12.5 Å². The number of anilines is 1. The summed E-state index contributed by atoms with van der Waals surface area (Å²) in [6.07, 6.45) is 1.49. The van der Waals surface area contributed by atoms with Crippen molar-refractivity contribution in [3.05, 3.63) is 48.0 Å². The Morgan fingerprint density at radius 3 is 2.89 bits per heavy atom. The molecular weight excluding hydrogens is 362 g/mol. The van der Waals surface area contributed by atoms with Crippen LogP contribution in [0.2, 0.25) is 0 Å². The molecule has 0 atom stereocenters. The van der Waals surface area contributed by atoms with E-state index in [2.05, 4.69) is 10.5 Å². The van der Waals surface area contributed by atoms with Crippen molar-refractivity contribution < 1.29 is 23.8 Å². The second kappa shape index (κ2) is 8.90. The van der Waals surface area contributed by atoms with Crippen molar-refractivity contribution in [3.63, 3.8) is 0 Å². The van der Waals surface area contributed by atoms with Crippen LogP contribution in [0.15, 0.2) is 47.6 Å². The third-order valence-electron chi connectivity index (χ3n) is 4.00. The molecule has 8 nitrogen and oxygen atoms in total. The van der Waals surface area contributed by atoms with Crippen molar-refractivity contribution >= 4 is 23.7 Å². The second-order valence-corrected chi connectivity index (χ2v) is 5.87. The minimum Gasteiger partial charge on any atom is -0.493 e. The van der Waals surface area contributed by atoms with Crippen LogP contribution in [0.5, 0.6) is 17.2 Å². The molecule has 1 aliphatic rings. The third kappa shape index (κ3) is 4.40. The average Bonchev–Trinajstić information content (AvgIpc) is 2.71. The summed E-state index contributed by atoms with van der Waals surface area (Å²) < 4.78 is 16.1. The standard InChI is InChI=1S/C20H21N3O5/c1-3-27-17-9-8-14(10-18(17)26-2)11-21-22-19(24)12-23-15-6-4-5-7-16(15)28-13-20(23)25/h4-11H,3,12-13H2,1-2H3,(H,22,24)/b21-11-. The van der Waals surface area contributed by atoms with Crippen molar-refractivity contribution in [2.24, 2.45) is 5.10 Å². The van der Waals surface area contributed by atoms with E-state index in [4.69, 9.17) is 14.2 Å². The van der Waals surface area contributed by atoms with Crippen molar-refractivity contribution in [1.29, 1.82) is 0 Å². The number of para-hydroxylation sites is 2. The topological polar surface area (TPSA) is 89.5 Å². The van der Waals surface area contributed by atoms with E-state index in [1.807, 2.05) is 13.0 Å². The van der Waals surface area contributed by atoms with Crippen LogP contribution < -0.4 is 24.5 Å². The quantitative estimate of drug-likeness (QED) is 0.583. The monoisotopic (exact) mass is 383 g/mol. The van der Waals surface area contributed by atoms with Gasteiger partial charge in [0.2, 0.25) is 0 Å². The summed E-state index contributed by atoms with van der Waals surface area (Å²) in [4.78, 5) is 25.7. The molecule has 0 bridgehead atoms. The van der Waals surface area contributed by atoms with Gasteiger partial charge in [-0.3, -0.25) is 14.5 Å². The maximum Gasteiger partial charge on any atom is 0.265 e. The summed E-state index contributed by atoms with van der Waals surface area (Å²) in [7, 11) is 1.55. The van der Waals surface area contributed by atoms with Gasteiger partial charge >= 0.3 is 0 Å². The van der Waals surface area contributed by atoms with Gasteiger partial charge in [-0.05, 0) is 42.8 Å². The van der Waals surface area contributed by atoms with Gasteiger partial charge < -0.3 is 14.2 Å². The third-order valence-corrected chi connectivity index (χ3v) is 4.00. The minimum atomic E-state index is -0.417. The fourth-order valence-electron chi connectivity index (χ4n) is 2.72. The molecule has 1 N–H and O–H groups in total. The van der Waals surface area contributed by atoms with Crippen molar-refractivity contribution in [2.45, 2.75) is 6.92 Å². The number of hydrogen-bond acceptors (Lipinski definition) is 6. The van der Waals surface area contributed by atoms with E-state index < -0.39 is 5.91 Å². The molecule has 3 rings (SSSR count). The summed E-state index contributed by atoms with van der Waals surface area (Å²) >= 11 is 0. The molecule has 8 heteroatoms. The maximum absolute atomic E-state index is 12.2. The lowest BCUT2D eigenvalue weighted by atomic mass is 10.2. The molecule has 0 fully saturated rings. The largest absolute Gasteiger partial charge is 0.493 e. The summed E-state index contributed by atoms with van der Waals surface area (Å²) in [6.45, 7) is 2.17. The van der Waals surface area contributed by atoms with E-state index in [9.17, 15) is 9.59 Å². The fourth-order valence-corrected chi connectivity index (χ4v) is 2.72. The Morgan fingerprint density at radius 1 is 1.29 bits per heavy atom. The molecule has 2 aromatic rings. The first-order valence-electron chi connectivity index (χ1n) is 8.77. The molecule has 0 aromatic heterocycles. The molecule has 146 valence electrons. The number of benzene rings is 2. The Kier molecular flexibility index (Phi) is 6.11. The summed E-state index contributed by atoms with van der Waals surface area (Å²) in [6, 6.07) is 12.4. The normalized spacial score (nSPS) is 13.1. The Hall–Kier alpha value is -3.55. The van der Waals surface area contributed by atoms with Gasteiger partial charge in [0.25, 0.3) is 11.8 Å². The molecule has 28 heavy (non-hydrogen) atoms. The smallest absolute Gasteiger partial charge is 0.265 e. The van der Waals surface area contributed by atoms with Gasteiger partial charge in [-0.2, -0.15) is 5.10 Å². The van der Waals surface area contributed by atoms with Crippen LogP contribution in [0.4, 0.5) is 5.69 Å². The highest BCUT2D eigenvalue weighted by molar-refractivity contribution is 6.02. The Bertz CT molecular complexity index is 897. The van der Waals surface area contributed by atoms with Crippen molar-refractivity contribution in [1.82, 2.24) is 5.43 Å². The highest BCUT2D eigenvalue weighted by Gasteiger charge is 2.26. The Balaban J connectivity index is 1.62. The average molecular weight is 383 g/mol. The molecule has 1 heterocycles. The van der Waals surface area contributed by atoms with Gasteiger partial charge in [-0.25, -0.2) is 5.43 Å². The molecule has 0 unspecified atom stereocenters. The van der Waals surface area contributed by atoms with E-state index in [0.717, 1.165) is 5.56 Å². The zero-order valence-corrected chi connectivity index (χ0v) is 15.7. The lowest BCUT2D eigenvalue weighted by molar-refractivity contribution is -0.125. The number of methoxy groups -OCH3 is 1. The summed E-state index contributed by atoms with van der Waals surface area (Å²) in [5.41, 5.74) is 3.72. The van der Waals surface area contributed by atoms with Crippen molar-refractivity contribution in [2.75, 3.05) is 31.8 Å². The number of ether oxygens (including phenoxy) is 3. The SMILES string of the molecule is CCOc1ccc(/C=N\NC(=O)CN2C(=O)COc3ccccc32)cc1OC. The zero-order chi connectivity index (χ0) is 19.9. The molecule has 0 aliphatic carbocycles. The van der Waals surface area contributed by atoms with E-state index in [0.29, 0.717) is 29.5 Å². The second-order valence-electron chi connectivity index (χ2n) is 5.87. The van der Waals surface area contributed by atoms with Gasteiger partial charge in [0.1, 0.15) is 12.3 Å². The first kappa shape index (κ1) is 19.2. The molecule has 0 spiro atoms. The maximum atomic E-state index is 12.2. The predicted octanol–water partition coefficient (Wildman–Crippen LogP) is 1.97. The number of amides is 2. The van der Waals surface area contributed by atoms with E-state index in [1.165, 1.54) is 11.1 Å². The van der Waals surface area contributed by atoms with Gasteiger partial charge in [0.15, 0.2) is 18.1 Å². The first-order chi connectivity index (χ1) is 13.6. The van der Waals surface area contributed by atoms with E-state index >= 15 is 0 Å². The molecule has 0 saturated heterocycles. The van der Waals surface area contributed by atoms with E-state index in [-0.39, 0.29) is 19.1 Å². The zero-order valence-electron chi connectivity index (χ0n) is 15.7. The number of carbonyl (C=O) groups is 2. The molecule has 1 aliphatic heterocycles. The van der Waals surface area contributed by atoms with Crippen LogP contribution in [0, 0.1) is 0 Å². The lowest BCUT2D eigenvalue weighted by Crippen LogP contribution is -2.44. The molecule has 2 amide bonds. The first-order valence-corrected chi connectivity index (χ1v) is 8.77. The number of nitrogens with zero attached hydrogens (tertiary/aromatic N) is 2. The fraction of sp³-hybridized carbons (Fsp3) is 0.250. The highest BCUT2D eigenvalue weighted by atomic mass is 16.5. The van der Waals surface area contributed by atoms with Crippen LogP contribution in [-0.4, -0.2) is 44.9 Å². The molecule has 0 saturated carbocycles. The lowest BCUT2D eigenvalue weighted by Gasteiger charge is -2.28. The predicted molar refractivity (Wildman–Crippen MR) is 104 cm³/mol. The van der Waals surface area contributed by atoms with Crippen LogP contribution in [0.3, 0.4) is 0 Å². The van der Waals surface area contributed by atoms with Crippen LogP contribution in [-0.2, 0) is 9.59 Å². The van der Waals surface area contributed by atoms with Crippen LogP contribution >= 0.6 is 0 Å². The minimum absolute atomic E-state index is 0.0977. The summed E-state index contributed by atoms with van der Waals surface area (Å²) in [5, 5.41) is 3.95. The number of nitrogens with one attached hydrogen (secondary N) is 1. The number of rotatable bonds is 7. The van der Waals surface area contributed by atoms with Gasteiger partial charge in [0, 0.05) is 0 Å². The Labute approximate surface area is 162 Å². The van der Waals surface area contributed by atoms with Gasteiger partial charge in [-0.1, -0.05) is 12.1 Å². The molecule has 0 radical (unpaired) electrons. The molecular formula is C20H21N3O5. The Morgan fingerprint density at radius 2 is 2.11 bits per heavy atom. The number of carbonyl (C=O) groups excluding carboxylic acids is 2. The van der Waals surface area contributed by atoms with Gasteiger partial charge in [0.05, 0.1) is 25.6 Å². The van der Waals surface area contributed by atoms with Crippen molar-refractivity contribution in [3.8, 4) is 17.2 Å². The number of fused-ring (bicyclic) bond motifs is 1. The van der Waals surface area contributed by atoms with Gasteiger partial charge in [-0.15, -0.1) is 0 Å². The number of hydrazone groups is 1. The highest BCUT2D eigenvalue weighted by Crippen LogP contribution is 2.31. The summed E-state index contributed by atoms with van der Waals surface area (Å²) in [5.74, 6) is 1.08. The van der Waals surface area contributed by atoms with Crippen LogP contribution in [0.25, 0.3) is 0 Å². The molecule has 2 aromatic carbocycles. The van der Waals surface area contributed by atoms with E-state index in [1.54, 1.807) is 43.5 Å². The number of hydrogen-bond donors (Lipinski definition) is 1.